The van der Waals surface area contributed by atoms with Gasteiger partial charge >= 0.3 is 0 Å². The lowest BCUT2D eigenvalue weighted by Gasteiger charge is -2.12. The van der Waals surface area contributed by atoms with Crippen molar-refractivity contribution >= 4 is 34.3 Å². The Balaban J connectivity index is 1.69. The first kappa shape index (κ1) is 19.2. The zero-order valence-corrected chi connectivity index (χ0v) is 16.7. The molecule has 0 aliphatic heterocycles. The normalized spacial score (nSPS) is 11.3. The molecule has 2 nitrogen and oxygen atoms in total. The Morgan fingerprint density at radius 2 is 1.76 bits per heavy atom. The van der Waals surface area contributed by atoms with Gasteiger partial charge in [-0.05, 0) is 59.2 Å². The van der Waals surface area contributed by atoms with E-state index in [9.17, 15) is 4.39 Å². The first-order valence-electron chi connectivity index (χ1n) is 9.29. The molecule has 4 aromatic carbocycles. The summed E-state index contributed by atoms with van der Waals surface area (Å²) in [5.74, 6) is 0.457. The summed E-state index contributed by atoms with van der Waals surface area (Å²) in [4.78, 5) is 4.62. The molecule has 29 heavy (non-hydrogen) atoms. The van der Waals surface area contributed by atoms with Gasteiger partial charge in [0.25, 0.3) is 0 Å². The molecule has 0 radical (unpaired) electrons. The second-order valence-corrected chi connectivity index (χ2v) is 7.21. The maximum absolute atomic E-state index is 13.1. The number of hydrogen-bond donors (Lipinski definition) is 0. The quantitative estimate of drug-likeness (QED) is 0.321. The molecule has 4 rings (SSSR count). The minimum atomic E-state index is -0.260. The highest BCUT2D eigenvalue weighted by Crippen LogP contribution is 2.29. The Hall–Kier alpha value is -3.17. The number of aryl methyl sites for hydroxylation is 1. The molecule has 0 unspecified atom stereocenters. The fourth-order valence-corrected chi connectivity index (χ4v) is 3.25. The van der Waals surface area contributed by atoms with Gasteiger partial charge in [0.05, 0.1) is 5.69 Å². The Bertz CT molecular complexity index is 1190. The number of ether oxygens (including phenoxy) is 1. The molecular weight excluding hydrogens is 385 g/mol. The number of hydrogen-bond acceptors (Lipinski definition) is 2. The van der Waals surface area contributed by atoms with Gasteiger partial charge in [0, 0.05) is 16.8 Å². The van der Waals surface area contributed by atoms with Gasteiger partial charge in [-0.25, -0.2) is 4.39 Å². The molecule has 0 fully saturated rings. The van der Waals surface area contributed by atoms with Crippen molar-refractivity contribution in [3.05, 3.63) is 106 Å². The Kier molecular flexibility index (Phi) is 5.59. The van der Waals surface area contributed by atoms with Crippen LogP contribution in [-0.2, 0) is 6.61 Å². The summed E-state index contributed by atoms with van der Waals surface area (Å²) in [6.07, 6.45) is 1.81. The van der Waals surface area contributed by atoms with Crippen molar-refractivity contribution in [1.82, 2.24) is 0 Å². The van der Waals surface area contributed by atoms with Gasteiger partial charge in [-0.15, -0.1) is 0 Å². The second kappa shape index (κ2) is 8.46. The van der Waals surface area contributed by atoms with Crippen molar-refractivity contribution in [3.8, 4) is 5.75 Å². The maximum atomic E-state index is 13.1. The minimum Gasteiger partial charge on any atom is -0.488 e. The lowest BCUT2D eigenvalue weighted by molar-refractivity contribution is 0.306. The molecule has 0 amide bonds. The third-order valence-corrected chi connectivity index (χ3v) is 5.14. The molecular formula is C25H19ClFNO. The monoisotopic (exact) mass is 403 g/mol. The smallest absolute Gasteiger partial charge is 0.129 e. The van der Waals surface area contributed by atoms with Gasteiger partial charge in [0.15, 0.2) is 0 Å². The largest absolute Gasteiger partial charge is 0.488 e. The molecule has 4 aromatic rings. The summed E-state index contributed by atoms with van der Waals surface area (Å²) < 4.78 is 19.2. The fourth-order valence-electron chi connectivity index (χ4n) is 3.08. The Morgan fingerprint density at radius 3 is 2.55 bits per heavy atom. The van der Waals surface area contributed by atoms with Gasteiger partial charge in [-0.3, -0.25) is 4.99 Å². The predicted molar refractivity (Wildman–Crippen MR) is 118 cm³/mol. The van der Waals surface area contributed by atoms with Gasteiger partial charge in [-0.2, -0.15) is 0 Å². The van der Waals surface area contributed by atoms with Crippen molar-refractivity contribution < 1.29 is 9.13 Å². The molecule has 0 N–H and O–H groups in total. The summed E-state index contributed by atoms with van der Waals surface area (Å²) in [5.41, 5.74) is 3.58. The summed E-state index contributed by atoms with van der Waals surface area (Å²) >= 11 is 6.23. The molecule has 4 heteroatoms. The summed E-state index contributed by atoms with van der Waals surface area (Å²) in [6, 6.07) is 24.1. The van der Waals surface area contributed by atoms with Crippen LogP contribution in [-0.4, -0.2) is 6.21 Å². The van der Waals surface area contributed by atoms with Crippen LogP contribution in [0.2, 0.25) is 5.02 Å². The molecule has 0 aromatic heterocycles. The van der Waals surface area contributed by atoms with E-state index < -0.39 is 0 Å². The van der Waals surface area contributed by atoms with E-state index in [2.05, 4.69) is 11.1 Å². The van der Waals surface area contributed by atoms with Gasteiger partial charge < -0.3 is 4.74 Å². The van der Waals surface area contributed by atoms with Crippen molar-refractivity contribution in [2.75, 3.05) is 0 Å². The molecule has 0 atom stereocenters. The second-order valence-electron chi connectivity index (χ2n) is 6.81. The van der Waals surface area contributed by atoms with Crippen LogP contribution in [0.1, 0.15) is 16.7 Å². The number of nitrogens with zero attached hydrogens (tertiary/aromatic N) is 1. The summed E-state index contributed by atoms with van der Waals surface area (Å²) in [5, 5.41) is 2.83. The van der Waals surface area contributed by atoms with Crippen molar-refractivity contribution in [2.45, 2.75) is 13.5 Å². The van der Waals surface area contributed by atoms with E-state index in [1.165, 1.54) is 12.1 Å². The van der Waals surface area contributed by atoms with Crippen molar-refractivity contribution in [2.24, 2.45) is 4.99 Å². The lowest BCUT2D eigenvalue weighted by Crippen LogP contribution is -1.99. The van der Waals surface area contributed by atoms with Crippen LogP contribution in [0.4, 0.5) is 10.1 Å². The fraction of sp³-hybridized carbons (Fsp3) is 0.0800. The van der Waals surface area contributed by atoms with Gasteiger partial charge in [0.2, 0.25) is 0 Å². The molecule has 0 heterocycles. The Labute approximate surface area is 174 Å². The van der Waals surface area contributed by atoms with Crippen molar-refractivity contribution in [3.63, 3.8) is 0 Å². The maximum Gasteiger partial charge on any atom is 0.129 e. The molecule has 0 aliphatic rings. The van der Waals surface area contributed by atoms with Crippen molar-refractivity contribution in [1.29, 1.82) is 0 Å². The molecule has 0 bridgehead atoms. The number of halogens is 2. The lowest BCUT2D eigenvalue weighted by atomic mass is 10.0. The van der Waals surface area contributed by atoms with Crippen LogP contribution >= 0.6 is 11.6 Å². The standard InChI is InChI=1S/C25H19ClFNO/c1-17-6-12-21(14-24(17)26)28-15-23-22-5-3-2-4-19(22)9-13-25(23)29-16-18-7-10-20(27)11-8-18/h2-15H,16H2,1H3. The molecule has 0 saturated carbocycles. The van der Waals surface area contributed by atoms with Gasteiger partial charge in [0.1, 0.15) is 18.2 Å². The van der Waals surface area contributed by atoms with Gasteiger partial charge in [-0.1, -0.05) is 60.1 Å². The zero-order chi connectivity index (χ0) is 20.2. The van der Waals surface area contributed by atoms with E-state index in [-0.39, 0.29) is 5.82 Å². The van der Waals surface area contributed by atoms with Crippen LogP contribution in [0.15, 0.2) is 83.9 Å². The molecule has 144 valence electrons. The number of aliphatic imine (C=N–C) groups is 1. The third-order valence-electron chi connectivity index (χ3n) is 4.74. The highest BCUT2D eigenvalue weighted by atomic mass is 35.5. The SMILES string of the molecule is Cc1ccc(N=Cc2c(OCc3ccc(F)cc3)ccc3ccccc23)cc1Cl. The predicted octanol–water partition coefficient (Wildman–Crippen LogP) is 7.27. The van der Waals surface area contributed by atoms with E-state index in [4.69, 9.17) is 16.3 Å². The van der Waals surface area contributed by atoms with E-state index in [0.717, 1.165) is 38.9 Å². The van der Waals surface area contributed by atoms with Crippen LogP contribution in [0, 0.1) is 12.7 Å². The molecule has 0 aliphatic carbocycles. The summed E-state index contributed by atoms with van der Waals surface area (Å²) in [6.45, 7) is 2.30. The first-order valence-corrected chi connectivity index (χ1v) is 9.67. The van der Waals surface area contributed by atoms with E-state index >= 15 is 0 Å². The highest BCUT2D eigenvalue weighted by Gasteiger charge is 2.08. The number of fused-ring (bicyclic) bond motifs is 1. The Morgan fingerprint density at radius 1 is 0.966 bits per heavy atom. The third kappa shape index (κ3) is 4.47. The first-order chi connectivity index (χ1) is 14.1. The number of benzene rings is 4. The zero-order valence-electron chi connectivity index (χ0n) is 15.9. The number of rotatable bonds is 5. The van der Waals surface area contributed by atoms with Crippen LogP contribution in [0.25, 0.3) is 10.8 Å². The minimum absolute atomic E-state index is 0.260. The summed E-state index contributed by atoms with van der Waals surface area (Å²) in [7, 11) is 0. The van der Waals surface area contributed by atoms with E-state index in [1.54, 1.807) is 12.1 Å². The highest BCUT2D eigenvalue weighted by molar-refractivity contribution is 6.31. The van der Waals surface area contributed by atoms with Crippen LogP contribution < -0.4 is 4.74 Å². The van der Waals surface area contributed by atoms with E-state index in [1.807, 2.05) is 61.7 Å². The van der Waals surface area contributed by atoms with Crippen LogP contribution in [0.5, 0.6) is 5.75 Å². The molecule has 0 saturated heterocycles. The van der Waals surface area contributed by atoms with E-state index in [0.29, 0.717) is 11.6 Å². The topological polar surface area (TPSA) is 21.6 Å². The van der Waals surface area contributed by atoms with Crippen LogP contribution in [0.3, 0.4) is 0 Å². The average Bonchev–Trinajstić information content (AvgIpc) is 2.74. The molecule has 0 spiro atoms. The average molecular weight is 404 g/mol.